The summed E-state index contributed by atoms with van der Waals surface area (Å²) in [5.41, 5.74) is 4.44. The van der Waals surface area contributed by atoms with Crippen LogP contribution in [0.1, 0.15) is 45.2 Å². The quantitative estimate of drug-likeness (QED) is 0.608. The summed E-state index contributed by atoms with van der Waals surface area (Å²) < 4.78 is 2.17. The highest BCUT2D eigenvalue weighted by Gasteiger charge is 2.17. The van der Waals surface area contributed by atoms with Gasteiger partial charge in [-0.3, -0.25) is 11.3 Å². The minimum atomic E-state index is 0.182. The van der Waals surface area contributed by atoms with Gasteiger partial charge in [0.15, 0.2) is 0 Å². The second kappa shape index (κ2) is 6.32. The number of rotatable bonds is 4. The Kier molecular flexibility index (Phi) is 5.64. The molecule has 0 aromatic heterocycles. The molecular weight excluding hydrogens is 344 g/mol. The van der Waals surface area contributed by atoms with Crippen molar-refractivity contribution in [3.63, 3.8) is 0 Å². The van der Waals surface area contributed by atoms with Gasteiger partial charge in [-0.1, -0.05) is 52.6 Å². The normalized spacial score (nSPS) is 13.8. The van der Waals surface area contributed by atoms with E-state index in [1.807, 2.05) is 12.1 Å². The fraction of sp³-hybridized carbons (Fsp3) is 0.538. The van der Waals surface area contributed by atoms with Crippen LogP contribution in [-0.2, 0) is 0 Å². The van der Waals surface area contributed by atoms with E-state index in [4.69, 9.17) is 5.84 Å². The number of nitrogens with one attached hydrogen (secondary N) is 1. The lowest BCUT2D eigenvalue weighted by Crippen LogP contribution is -2.29. The van der Waals surface area contributed by atoms with Crippen LogP contribution in [0.3, 0.4) is 0 Å². The summed E-state index contributed by atoms with van der Waals surface area (Å²) in [5.74, 6) is 5.67. The largest absolute Gasteiger partial charge is 0.271 e. The molecule has 1 rings (SSSR count). The lowest BCUT2D eigenvalue weighted by atomic mass is 9.87. The van der Waals surface area contributed by atoms with Crippen LogP contribution in [0.4, 0.5) is 0 Å². The van der Waals surface area contributed by atoms with E-state index in [2.05, 4.69) is 64.1 Å². The maximum absolute atomic E-state index is 5.67. The van der Waals surface area contributed by atoms with Gasteiger partial charge in [0.1, 0.15) is 0 Å². The van der Waals surface area contributed by atoms with Crippen molar-refractivity contribution in [3.05, 3.63) is 32.7 Å². The number of hydrazine groups is 1. The first-order valence-corrected chi connectivity index (χ1v) is 7.33. The Balaban J connectivity index is 2.82. The molecule has 0 aliphatic carbocycles. The van der Waals surface area contributed by atoms with Gasteiger partial charge in [0.25, 0.3) is 0 Å². The molecule has 0 saturated heterocycles. The van der Waals surface area contributed by atoms with Crippen molar-refractivity contribution in [2.24, 2.45) is 11.3 Å². The van der Waals surface area contributed by atoms with E-state index in [0.29, 0.717) is 5.41 Å². The van der Waals surface area contributed by atoms with Gasteiger partial charge in [-0.2, -0.15) is 0 Å². The number of benzene rings is 1. The van der Waals surface area contributed by atoms with Crippen LogP contribution >= 0.6 is 31.9 Å². The first kappa shape index (κ1) is 15.2. The van der Waals surface area contributed by atoms with Gasteiger partial charge in [-0.25, -0.2) is 0 Å². The lowest BCUT2D eigenvalue weighted by Gasteiger charge is -2.23. The van der Waals surface area contributed by atoms with E-state index in [1.165, 1.54) is 5.56 Å². The molecule has 0 saturated carbocycles. The van der Waals surface area contributed by atoms with Gasteiger partial charge in [-0.05, 0) is 42.0 Å². The van der Waals surface area contributed by atoms with Crippen LogP contribution in [0.25, 0.3) is 0 Å². The van der Waals surface area contributed by atoms with Gasteiger partial charge in [0, 0.05) is 15.0 Å². The molecule has 0 aliphatic rings. The minimum Gasteiger partial charge on any atom is -0.271 e. The van der Waals surface area contributed by atoms with E-state index >= 15 is 0 Å². The van der Waals surface area contributed by atoms with E-state index in [9.17, 15) is 0 Å². The molecule has 0 amide bonds. The maximum atomic E-state index is 5.67. The Morgan fingerprint density at radius 1 is 1.29 bits per heavy atom. The van der Waals surface area contributed by atoms with Gasteiger partial charge >= 0.3 is 0 Å². The average Bonchev–Trinajstić information content (AvgIpc) is 2.22. The molecule has 0 aliphatic heterocycles. The molecule has 1 aromatic carbocycles. The van der Waals surface area contributed by atoms with Crippen LogP contribution in [0.2, 0.25) is 0 Å². The Labute approximate surface area is 121 Å². The molecule has 2 nitrogen and oxygen atoms in total. The summed E-state index contributed by atoms with van der Waals surface area (Å²) in [7, 11) is 0. The van der Waals surface area contributed by atoms with Crippen molar-refractivity contribution in [1.82, 2.24) is 5.43 Å². The smallest absolute Gasteiger partial charge is 0.0471 e. The summed E-state index contributed by atoms with van der Waals surface area (Å²) in [4.78, 5) is 0. The predicted molar refractivity (Wildman–Crippen MR) is 80.6 cm³/mol. The molecule has 0 radical (unpaired) electrons. The monoisotopic (exact) mass is 362 g/mol. The summed E-state index contributed by atoms with van der Waals surface area (Å²) in [6, 6.07) is 6.35. The van der Waals surface area contributed by atoms with Crippen LogP contribution in [0.5, 0.6) is 0 Å². The van der Waals surface area contributed by atoms with E-state index in [-0.39, 0.29) is 6.04 Å². The maximum Gasteiger partial charge on any atom is 0.0471 e. The third kappa shape index (κ3) is 5.08. The molecule has 3 N–H and O–H groups in total. The van der Waals surface area contributed by atoms with Gasteiger partial charge < -0.3 is 0 Å². The Morgan fingerprint density at radius 2 is 1.94 bits per heavy atom. The van der Waals surface area contributed by atoms with Crippen molar-refractivity contribution in [2.75, 3.05) is 0 Å². The zero-order valence-electron chi connectivity index (χ0n) is 10.6. The third-order valence-corrected chi connectivity index (χ3v) is 3.93. The van der Waals surface area contributed by atoms with Crippen molar-refractivity contribution < 1.29 is 0 Å². The fourth-order valence-corrected chi connectivity index (χ4v) is 2.59. The summed E-state index contributed by atoms with van der Waals surface area (Å²) in [6.45, 7) is 6.74. The second-order valence-electron chi connectivity index (χ2n) is 5.48. The zero-order chi connectivity index (χ0) is 13.1. The first-order valence-electron chi connectivity index (χ1n) is 5.74. The Morgan fingerprint density at radius 3 is 2.47 bits per heavy atom. The van der Waals surface area contributed by atoms with Crippen molar-refractivity contribution >= 4 is 31.9 Å². The Hall–Kier alpha value is 0.1000. The summed E-state index contributed by atoms with van der Waals surface area (Å²) in [6.07, 6.45) is 2.15. The van der Waals surface area contributed by atoms with Crippen LogP contribution in [0, 0.1) is 5.41 Å². The minimum absolute atomic E-state index is 0.182. The highest BCUT2D eigenvalue weighted by Crippen LogP contribution is 2.32. The molecular formula is C13H20Br2N2. The second-order valence-corrected chi connectivity index (χ2v) is 7.25. The molecule has 96 valence electrons. The topological polar surface area (TPSA) is 38.0 Å². The first-order chi connectivity index (χ1) is 7.83. The number of hydrogen-bond acceptors (Lipinski definition) is 2. The van der Waals surface area contributed by atoms with E-state index in [1.54, 1.807) is 0 Å². The SMILES string of the molecule is CC(C)(C)CCC(NN)c1cc(Br)ccc1Br. The molecule has 1 unspecified atom stereocenters. The molecule has 4 heteroatoms. The number of hydrogen-bond donors (Lipinski definition) is 2. The highest BCUT2D eigenvalue weighted by atomic mass is 79.9. The molecule has 17 heavy (non-hydrogen) atoms. The predicted octanol–water partition coefficient (Wildman–Crippen LogP) is 4.54. The third-order valence-electron chi connectivity index (χ3n) is 2.72. The number of halogens is 2. The molecule has 0 bridgehead atoms. The van der Waals surface area contributed by atoms with Crippen molar-refractivity contribution in [2.45, 2.75) is 39.7 Å². The van der Waals surface area contributed by atoms with Crippen LogP contribution in [0.15, 0.2) is 27.1 Å². The van der Waals surface area contributed by atoms with Crippen molar-refractivity contribution in [3.8, 4) is 0 Å². The Bertz CT molecular complexity index is 372. The van der Waals surface area contributed by atoms with Crippen LogP contribution < -0.4 is 11.3 Å². The summed E-state index contributed by atoms with van der Waals surface area (Å²) in [5, 5.41) is 0. The number of nitrogens with two attached hydrogens (primary N) is 1. The molecule has 1 atom stereocenters. The lowest BCUT2D eigenvalue weighted by molar-refractivity contribution is 0.333. The average molecular weight is 364 g/mol. The highest BCUT2D eigenvalue weighted by molar-refractivity contribution is 9.11. The zero-order valence-corrected chi connectivity index (χ0v) is 13.7. The van der Waals surface area contributed by atoms with E-state index in [0.717, 1.165) is 21.8 Å². The van der Waals surface area contributed by atoms with Crippen molar-refractivity contribution in [1.29, 1.82) is 0 Å². The summed E-state index contributed by atoms with van der Waals surface area (Å²) >= 11 is 7.07. The van der Waals surface area contributed by atoms with Gasteiger partial charge in [-0.15, -0.1) is 0 Å². The van der Waals surface area contributed by atoms with Gasteiger partial charge in [0.2, 0.25) is 0 Å². The molecule has 0 spiro atoms. The molecule has 1 aromatic rings. The molecule has 0 fully saturated rings. The van der Waals surface area contributed by atoms with Gasteiger partial charge in [0.05, 0.1) is 0 Å². The van der Waals surface area contributed by atoms with E-state index < -0.39 is 0 Å². The van der Waals surface area contributed by atoms with Crippen LogP contribution in [-0.4, -0.2) is 0 Å². The molecule has 0 heterocycles. The fourth-order valence-electron chi connectivity index (χ4n) is 1.69. The standard InChI is InChI=1S/C13H20Br2N2/c1-13(2,3)7-6-12(17-16)10-8-9(14)4-5-11(10)15/h4-5,8,12,17H,6-7,16H2,1-3H3.